The van der Waals surface area contributed by atoms with Gasteiger partial charge in [-0.25, -0.2) is 0 Å². The topological polar surface area (TPSA) is 30.5 Å². The zero-order chi connectivity index (χ0) is 14.7. The molecule has 3 heteroatoms. The first-order valence-electron chi connectivity index (χ1n) is 8.23. The lowest BCUT2D eigenvalue weighted by atomic mass is 9.83. The van der Waals surface area contributed by atoms with Crippen molar-refractivity contribution in [2.75, 3.05) is 20.3 Å². The Morgan fingerprint density at radius 1 is 1.29 bits per heavy atom. The lowest BCUT2D eigenvalue weighted by Crippen LogP contribution is -2.52. The SMILES string of the molecule is CNC(CC1OCCc2ccccc21)C1(C)CCCCO1. The fourth-order valence-corrected chi connectivity index (χ4v) is 3.79. The largest absolute Gasteiger partial charge is 0.374 e. The van der Waals surface area contributed by atoms with Gasteiger partial charge in [-0.2, -0.15) is 0 Å². The van der Waals surface area contributed by atoms with Crippen molar-refractivity contribution in [2.24, 2.45) is 0 Å². The third kappa shape index (κ3) is 3.15. The van der Waals surface area contributed by atoms with Crippen molar-refractivity contribution < 1.29 is 9.47 Å². The Hall–Kier alpha value is -0.900. The summed E-state index contributed by atoms with van der Waals surface area (Å²) >= 11 is 0. The van der Waals surface area contributed by atoms with E-state index in [1.165, 1.54) is 24.0 Å². The summed E-state index contributed by atoms with van der Waals surface area (Å²) in [6.45, 7) is 3.97. The highest BCUT2D eigenvalue weighted by Crippen LogP contribution is 2.36. The van der Waals surface area contributed by atoms with Crippen LogP contribution in [-0.2, 0) is 15.9 Å². The van der Waals surface area contributed by atoms with Crippen molar-refractivity contribution in [1.29, 1.82) is 0 Å². The molecule has 1 aromatic rings. The van der Waals surface area contributed by atoms with Gasteiger partial charge < -0.3 is 14.8 Å². The van der Waals surface area contributed by atoms with Crippen LogP contribution in [0.5, 0.6) is 0 Å². The molecule has 0 amide bonds. The molecular formula is C18H27NO2. The van der Waals surface area contributed by atoms with Crippen molar-refractivity contribution in [1.82, 2.24) is 5.32 Å². The van der Waals surface area contributed by atoms with Gasteiger partial charge in [-0.15, -0.1) is 0 Å². The zero-order valence-electron chi connectivity index (χ0n) is 13.2. The molecule has 1 fully saturated rings. The van der Waals surface area contributed by atoms with Gasteiger partial charge in [-0.3, -0.25) is 0 Å². The molecule has 116 valence electrons. The van der Waals surface area contributed by atoms with Crippen LogP contribution in [0.1, 0.15) is 49.8 Å². The third-order valence-electron chi connectivity index (χ3n) is 5.13. The van der Waals surface area contributed by atoms with Gasteiger partial charge in [0.25, 0.3) is 0 Å². The van der Waals surface area contributed by atoms with Crippen LogP contribution < -0.4 is 5.32 Å². The summed E-state index contributed by atoms with van der Waals surface area (Å²) < 4.78 is 12.2. The Morgan fingerprint density at radius 3 is 2.90 bits per heavy atom. The van der Waals surface area contributed by atoms with Crippen LogP contribution in [0.15, 0.2) is 24.3 Å². The summed E-state index contributed by atoms with van der Waals surface area (Å²) in [4.78, 5) is 0. The summed E-state index contributed by atoms with van der Waals surface area (Å²) in [5, 5.41) is 3.49. The number of ether oxygens (including phenoxy) is 2. The molecule has 0 spiro atoms. The number of hydrogen-bond acceptors (Lipinski definition) is 3. The third-order valence-corrected chi connectivity index (χ3v) is 5.13. The minimum Gasteiger partial charge on any atom is -0.374 e. The lowest BCUT2D eigenvalue weighted by molar-refractivity contribution is -0.0995. The Balaban J connectivity index is 1.76. The van der Waals surface area contributed by atoms with E-state index in [1.54, 1.807) is 0 Å². The monoisotopic (exact) mass is 289 g/mol. The van der Waals surface area contributed by atoms with Crippen LogP contribution in [0.3, 0.4) is 0 Å². The minimum atomic E-state index is -0.0667. The smallest absolute Gasteiger partial charge is 0.0843 e. The summed E-state index contributed by atoms with van der Waals surface area (Å²) in [7, 11) is 2.04. The first-order valence-corrected chi connectivity index (χ1v) is 8.23. The standard InChI is InChI=1S/C18H27NO2/c1-18(10-5-6-11-21-18)17(19-2)13-16-15-8-4-3-7-14(15)9-12-20-16/h3-4,7-8,16-17,19H,5-6,9-13H2,1-2H3. The number of benzene rings is 1. The summed E-state index contributed by atoms with van der Waals surface area (Å²) in [6, 6.07) is 9.03. The number of rotatable bonds is 4. The van der Waals surface area contributed by atoms with Crippen LogP contribution in [0.25, 0.3) is 0 Å². The number of nitrogens with one attached hydrogen (secondary N) is 1. The molecule has 0 saturated carbocycles. The molecule has 0 aromatic heterocycles. The van der Waals surface area contributed by atoms with Crippen molar-refractivity contribution in [3.8, 4) is 0 Å². The van der Waals surface area contributed by atoms with Crippen molar-refractivity contribution in [2.45, 2.75) is 56.8 Å². The molecule has 2 aliphatic heterocycles. The van der Waals surface area contributed by atoms with Gasteiger partial charge in [-0.1, -0.05) is 24.3 Å². The number of likely N-dealkylation sites (N-methyl/N-ethyl adjacent to an activating group) is 1. The van der Waals surface area contributed by atoms with E-state index >= 15 is 0 Å². The highest BCUT2D eigenvalue weighted by atomic mass is 16.5. The molecule has 3 rings (SSSR count). The second kappa shape index (κ2) is 6.47. The van der Waals surface area contributed by atoms with E-state index in [1.807, 2.05) is 7.05 Å². The van der Waals surface area contributed by atoms with Gasteiger partial charge in [0.05, 0.1) is 18.3 Å². The second-order valence-electron chi connectivity index (χ2n) is 6.50. The molecule has 3 unspecified atom stereocenters. The second-order valence-corrected chi connectivity index (χ2v) is 6.50. The summed E-state index contributed by atoms with van der Waals surface area (Å²) in [5.41, 5.74) is 2.74. The van der Waals surface area contributed by atoms with E-state index in [4.69, 9.17) is 9.47 Å². The normalized spacial score (nSPS) is 30.7. The fourth-order valence-electron chi connectivity index (χ4n) is 3.79. The summed E-state index contributed by atoms with van der Waals surface area (Å²) in [6.07, 6.45) is 5.78. The highest BCUT2D eigenvalue weighted by molar-refractivity contribution is 5.31. The van der Waals surface area contributed by atoms with E-state index < -0.39 is 0 Å². The van der Waals surface area contributed by atoms with Gasteiger partial charge in [0.2, 0.25) is 0 Å². The molecule has 1 aromatic carbocycles. The maximum Gasteiger partial charge on any atom is 0.0843 e. The summed E-state index contributed by atoms with van der Waals surface area (Å²) in [5.74, 6) is 0. The molecule has 0 aliphatic carbocycles. The number of fused-ring (bicyclic) bond motifs is 1. The van der Waals surface area contributed by atoms with Gasteiger partial charge in [0.1, 0.15) is 0 Å². The molecule has 3 atom stereocenters. The van der Waals surface area contributed by atoms with Crippen molar-refractivity contribution in [3.63, 3.8) is 0 Å². The molecule has 0 radical (unpaired) electrons. The maximum atomic E-state index is 6.13. The molecule has 1 saturated heterocycles. The Kier molecular flexibility index (Phi) is 4.63. The van der Waals surface area contributed by atoms with E-state index in [0.29, 0.717) is 6.04 Å². The van der Waals surface area contributed by atoms with E-state index in [2.05, 4.69) is 36.5 Å². The molecule has 21 heavy (non-hydrogen) atoms. The highest BCUT2D eigenvalue weighted by Gasteiger charge is 2.38. The molecule has 3 nitrogen and oxygen atoms in total. The molecular weight excluding hydrogens is 262 g/mol. The number of hydrogen-bond donors (Lipinski definition) is 1. The Morgan fingerprint density at radius 2 is 2.14 bits per heavy atom. The van der Waals surface area contributed by atoms with Crippen LogP contribution in [-0.4, -0.2) is 31.9 Å². The van der Waals surface area contributed by atoms with Gasteiger partial charge >= 0.3 is 0 Å². The van der Waals surface area contributed by atoms with Crippen molar-refractivity contribution >= 4 is 0 Å². The molecule has 1 N–H and O–H groups in total. The first-order chi connectivity index (χ1) is 10.2. The Labute approximate surface area is 128 Å². The zero-order valence-corrected chi connectivity index (χ0v) is 13.2. The van der Waals surface area contributed by atoms with Gasteiger partial charge in [0, 0.05) is 12.6 Å². The predicted octanol–water partition coefficient (Wildman–Crippen LogP) is 3.24. The van der Waals surface area contributed by atoms with E-state index in [-0.39, 0.29) is 11.7 Å². The van der Waals surface area contributed by atoms with Crippen LogP contribution in [0.4, 0.5) is 0 Å². The van der Waals surface area contributed by atoms with Crippen LogP contribution in [0.2, 0.25) is 0 Å². The van der Waals surface area contributed by atoms with Gasteiger partial charge in [-0.05, 0) is 57.2 Å². The first kappa shape index (κ1) is 15.0. The average Bonchev–Trinajstić information content (AvgIpc) is 2.53. The van der Waals surface area contributed by atoms with Crippen LogP contribution >= 0.6 is 0 Å². The van der Waals surface area contributed by atoms with Crippen LogP contribution in [0, 0.1) is 0 Å². The molecule has 2 heterocycles. The minimum absolute atomic E-state index is 0.0667. The lowest BCUT2D eigenvalue weighted by Gasteiger charge is -2.42. The average molecular weight is 289 g/mol. The quantitative estimate of drug-likeness (QED) is 0.923. The van der Waals surface area contributed by atoms with Gasteiger partial charge in [0.15, 0.2) is 0 Å². The van der Waals surface area contributed by atoms with Crippen molar-refractivity contribution in [3.05, 3.63) is 35.4 Å². The maximum absolute atomic E-state index is 6.13. The molecule has 0 bridgehead atoms. The molecule has 2 aliphatic rings. The van der Waals surface area contributed by atoms with E-state index in [0.717, 1.165) is 32.5 Å². The Bertz CT molecular complexity index is 468. The fraction of sp³-hybridized carbons (Fsp3) is 0.667. The van der Waals surface area contributed by atoms with E-state index in [9.17, 15) is 0 Å². The predicted molar refractivity (Wildman–Crippen MR) is 84.5 cm³/mol.